The highest BCUT2D eigenvalue weighted by molar-refractivity contribution is 6.30. The molecular weight excluding hydrogens is 366 g/mol. The van der Waals surface area contributed by atoms with Gasteiger partial charge in [0.1, 0.15) is 11.9 Å². The summed E-state index contributed by atoms with van der Waals surface area (Å²) in [5, 5.41) is 9.97. The molecule has 0 fully saturated rings. The molecule has 2 atom stereocenters. The molecule has 2 aromatic carbocycles. The van der Waals surface area contributed by atoms with E-state index in [9.17, 15) is 14.7 Å². The van der Waals surface area contributed by atoms with Crippen LogP contribution in [-0.2, 0) is 16.1 Å². The van der Waals surface area contributed by atoms with Crippen LogP contribution >= 0.6 is 11.6 Å². The van der Waals surface area contributed by atoms with E-state index in [0.717, 1.165) is 16.6 Å². The highest BCUT2D eigenvalue weighted by Crippen LogP contribution is 2.37. The highest BCUT2D eigenvalue weighted by Gasteiger charge is 2.40. The van der Waals surface area contributed by atoms with E-state index < -0.39 is 12.0 Å². The lowest BCUT2D eigenvalue weighted by atomic mass is 10.0. The minimum atomic E-state index is -1.02. The summed E-state index contributed by atoms with van der Waals surface area (Å²) in [4.78, 5) is 31.1. The standard InChI is InChI=1S/C20H18ClN3O3/c1-12-19-22-15-7-2-3-8-16(15)24(19)17(10-18(25)26)20(27)23(12)11-13-5-4-6-14(21)9-13/h2-9,12,17H,10-11H2,1H3,(H,25,26). The number of halogens is 1. The normalized spacial score (nSPS) is 19.3. The van der Waals surface area contributed by atoms with E-state index in [2.05, 4.69) is 4.98 Å². The Bertz CT molecular complexity index is 1050. The summed E-state index contributed by atoms with van der Waals surface area (Å²) in [6, 6.07) is 13.7. The van der Waals surface area contributed by atoms with Crippen LogP contribution in [0.25, 0.3) is 11.0 Å². The van der Waals surface area contributed by atoms with Gasteiger partial charge in [0.25, 0.3) is 0 Å². The molecule has 2 unspecified atom stereocenters. The van der Waals surface area contributed by atoms with Crippen LogP contribution in [0, 0.1) is 0 Å². The minimum Gasteiger partial charge on any atom is -0.481 e. The topological polar surface area (TPSA) is 75.4 Å². The van der Waals surface area contributed by atoms with Gasteiger partial charge in [0, 0.05) is 11.6 Å². The third-order valence-electron chi connectivity index (χ3n) is 4.95. The fourth-order valence-corrected chi connectivity index (χ4v) is 3.92. The number of fused-ring (bicyclic) bond motifs is 3. The van der Waals surface area contributed by atoms with Crippen LogP contribution in [-0.4, -0.2) is 31.4 Å². The Morgan fingerprint density at radius 3 is 2.74 bits per heavy atom. The molecule has 1 N–H and O–H groups in total. The van der Waals surface area contributed by atoms with Crippen LogP contribution in [0.2, 0.25) is 5.02 Å². The van der Waals surface area contributed by atoms with E-state index in [1.807, 2.05) is 49.4 Å². The Morgan fingerprint density at radius 1 is 1.22 bits per heavy atom. The first kappa shape index (κ1) is 17.5. The molecule has 4 rings (SSSR count). The molecule has 1 amide bonds. The van der Waals surface area contributed by atoms with Gasteiger partial charge in [-0.15, -0.1) is 0 Å². The molecule has 138 valence electrons. The van der Waals surface area contributed by atoms with Gasteiger partial charge in [-0.05, 0) is 36.8 Å². The second-order valence-electron chi connectivity index (χ2n) is 6.71. The molecule has 6 nitrogen and oxygen atoms in total. The van der Waals surface area contributed by atoms with Crippen LogP contribution < -0.4 is 0 Å². The second kappa shape index (κ2) is 6.70. The number of carbonyl (C=O) groups is 2. The van der Waals surface area contributed by atoms with Gasteiger partial charge in [-0.1, -0.05) is 35.9 Å². The first-order valence-corrected chi connectivity index (χ1v) is 9.07. The van der Waals surface area contributed by atoms with Gasteiger partial charge in [0.15, 0.2) is 0 Å². The summed E-state index contributed by atoms with van der Waals surface area (Å²) >= 11 is 6.07. The zero-order valence-corrected chi connectivity index (χ0v) is 15.4. The fourth-order valence-electron chi connectivity index (χ4n) is 3.71. The van der Waals surface area contributed by atoms with E-state index in [1.165, 1.54) is 0 Å². The molecule has 0 radical (unpaired) electrons. The Morgan fingerprint density at radius 2 is 2.00 bits per heavy atom. The number of para-hydroxylation sites is 2. The number of benzene rings is 2. The number of aliphatic carboxylic acids is 1. The number of aromatic nitrogens is 2. The lowest BCUT2D eigenvalue weighted by Gasteiger charge is -2.38. The van der Waals surface area contributed by atoms with E-state index in [-0.39, 0.29) is 18.4 Å². The van der Waals surface area contributed by atoms with Crippen molar-refractivity contribution in [3.05, 3.63) is 64.9 Å². The predicted molar refractivity (Wildman–Crippen MR) is 101 cm³/mol. The summed E-state index contributed by atoms with van der Waals surface area (Å²) in [6.07, 6.45) is -0.287. The van der Waals surface area contributed by atoms with Gasteiger partial charge in [-0.3, -0.25) is 9.59 Å². The SMILES string of the molecule is CC1c2nc3ccccc3n2C(CC(=O)O)C(=O)N1Cc1cccc(Cl)c1. The average molecular weight is 384 g/mol. The van der Waals surface area contributed by atoms with Gasteiger partial charge < -0.3 is 14.6 Å². The maximum absolute atomic E-state index is 13.2. The quantitative estimate of drug-likeness (QED) is 0.743. The van der Waals surface area contributed by atoms with Crippen molar-refractivity contribution < 1.29 is 14.7 Å². The maximum atomic E-state index is 13.2. The van der Waals surface area contributed by atoms with Crippen molar-refractivity contribution in [1.82, 2.24) is 14.5 Å². The number of imidazole rings is 1. The molecule has 27 heavy (non-hydrogen) atoms. The molecule has 1 aliphatic heterocycles. The van der Waals surface area contributed by atoms with E-state index >= 15 is 0 Å². The van der Waals surface area contributed by atoms with Gasteiger partial charge in [0.2, 0.25) is 5.91 Å². The largest absolute Gasteiger partial charge is 0.481 e. The van der Waals surface area contributed by atoms with Crippen LogP contribution in [0.5, 0.6) is 0 Å². The van der Waals surface area contributed by atoms with Crippen molar-refractivity contribution in [2.75, 3.05) is 0 Å². The summed E-state index contributed by atoms with van der Waals surface area (Å²) in [7, 11) is 0. The highest BCUT2D eigenvalue weighted by atomic mass is 35.5. The summed E-state index contributed by atoms with van der Waals surface area (Å²) in [6.45, 7) is 2.26. The summed E-state index contributed by atoms with van der Waals surface area (Å²) in [5.41, 5.74) is 2.43. The molecule has 0 saturated carbocycles. The number of nitrogens with zero attached hydrogens (tertiary/aromatic N) is 3. The van der Waals surface area contributed by atoms with Gasteiger partial charge in [-0.2, -0.15) is 0 Å². The number of hydrogen-bond acceptors (Lipinski definition) is 3. The zero-order chi connectivity index (χ0) is 19.1. The molecule has 0 saturated heterocycles. The molecule has 3 aromatic rings. The maximum Gasteiger partial charge on any atom is 0.306 e. The number of carbonyl (C=O) groups excluding carboxylic acids is 1. The Hall–Kier alpha value is -2.86. The van der Waals surface area contributed by atoms with Crippen LogP contribution in [0.1, 0.15) is 36.8 Å². The second-order valence-corrected chi connectivity index (χ2v) is 7.15. The Kier molecular flexibility index (Phi) is 4.36. The third kappa shape index (κ3) is 3.06. The zero-order valence-electron chi connectivity index (χ0n) is 14.7. The van der Waals surface area contributed by atoms with Crippen LogP contribution in [0.15, 0.2) is 48.5 Å². The monoisotopic (exact) mass is 383 g/mol. The number of hydrogen-bond donors (Lipinski definition) is 1. The first-order valence-electron chi connectivity index (χ1n) is 8.69. The van der Waals surface area contributed by atoms with Gasteiger partial charge in [-0.25, -0.2) is 4.98 Å². The van der Waals surface area contributed by atoms with Crippen molar-refractivity contribution in [1.29, 1.82) is 0 Å². The van der Waals surface area contributed by atoms with E-state index in [1.54, 1.807) is 15.5 Å². The third-order valence-corrected chi connectivity index (χ3v) is 5.19. The summed E-state index contributed by atoms with van der Waals surface area (Å²) < 4.78 is 1.78. The van der Waals surface area contributed by atoms with E-state index in [0.29, 0.717) is 17.4 Å². The van der Waals surface area contributed by atoms with Crippen molar-refractivity contribution in [2.24, 2.45) is 0 Å². The summed E-state index contributed by atoms with van der Waals surface area (Å²) in [5.74, 6) is -0.543. The number of carboxylic acids is 1. The fraction of sp³-hybridized carbons (Fsp3) is 0.250. The molecule has 0 bridgehead atoms. The van der Waals surface area contributed by atoms with Crippen molar-refractivity contribution in [3.63, 3.8) is 0 Å². The minimum absolute atomic E-state index is 0.222. The number of amides is 1. The molecule has 2 heterocycles. The molecule has 7 heteroatoms. The number of rotatable bonds is 4. The van der Waals surface area contributed by atoms with Gasteiger partial charge in [0.05, 0.1) is 23.5 Å². The predicted octanol–water partition coefficient (Wildman–Crippen LogP) is 3.81. The molecule has 0 aliphatic carbocycles. The lowest BCUT2D eigenvalue weighted by molar-refractivity contribution is -0.147. The molecular formula is C20H18ClN3O3. The Balaban J connectivity index is 1.81. The van der Waals surface area contributed by atoms with Crippen molar-refractivity contribution in [2.45, 2.75) is 32.0 Å². The van der Waals surface area contributed by atoms with Crippen molar-refractivity contribution in [3.8, 4) is 0 Å². The first-order chi connectivity index (χ1) is 13.0. The molecule has 1 aliphatic rings. The van der Waals surface area contributed by atoms with Gasteiger partial charge >= 0.3 is 5.97 Å². The number of carboxylic acid groups (broad SMARTS) is 1. The molecule has 0 spiro atoms. The average Bonchev–Trinajstić information content (AvgIpc) is 3.02. The molecule has 1 aromatic heterocycles. The Labute approximate surface area is 161 Å². The van der Waals surface area contributed by atoms with E-state index in [4.69, 9.17) is 11.6 Å². The van der Waals surface area contributed by atoms with Crippen molar-refractivity contribution >= 4 is 34.5 Å². The lowest BCUT2D eigenvalue weighted by Crippen LogP contribution is -2.45. The van der Waals surface area contributed by atoms with Crippen LogP contribution in [0.3, 0.4) is 0 Å². The van der Waals surface area contributed by atoms with Crippen LogP contribution in [0.4, 0.5) is 0 Å². The smallest absolute Gasteiger partial charge is 0.306 e.